The molecule has 160 valence electrons. The fourth-order valence-electron chi connectivity index (χ4n) is 3.12. The smallest absolute Gasteiger partial charge is 0.252 e. The van der Waals surface area contributed by atoms with E-state index in [9.17, 15) is 14.4 Å². The fourth-order valence-corrected chi connectivity index (χ4v) is 5.47. The molecule has 1 aromatic heterocycles. The van der Waals surface area contributed by atoms with Gasteiger partial charge in [-0.3, -0.25) is 19.4 Å². The molecule has 3 rings (SSSR count). The van der Waals surface area contributed by atoms with E-state index < -0.39 is 11.9 Å². The summed E-state index contributed by atoms with van der Waals surface area (Å²) in [5, 5.41) is 6.23. The largest absolute Gasteiger partial charge is 0.376 e. The molecular weight excluding hydrogens is 424 g/mol. The van der Waals surface area contributed by atoms with Crippen molar-refractivity contribution in [3.63, 3.8) is 0 Å². The third-order valence-corrected chi connectivity index (χ3v) is 6.99. The number of nitrogens with zero attached hydrogens (tertiary/aromatic N) is 1. The van der Waals surface area contributed by atoms with Crippen molar-refractivity contribution in [2.24, 2.45) is 5.73 Å². The zero-order chi connectivity index (χ0) is 21.5. The van der Waals surface area contributed by atoms with Gasteiger partial charge in [0.25, 0.3) is 5.91 Å². The third-order valence-electron chi connectivity index (χ3n) is 4.60. The van der Waals surface area contributed by atoms with Crippen LogP contribution in [0.1, 0.15) is 30.1 Å². The maximum absolute atomic E-state index is 12.7. The highest BCUT2D eigenvalue weighted by Gasteiger charge is 2.20. The SMILES string of the molecule is CC(=O)N[C@@H](CSSc1ccc(C(=O)NCC2CCCO2)c2cccnc12)C(N)=O. The van der Waals surface area contributed by atoms with Gasteiger partial charge in [0.1, 0.15) is 6.04 Å². The molecule has 1 aliphatic rings. The van der Waals surface area contributed by atoms with Crippen molar-refractivity contribution in [1.82, 2.24) is 15.6 Å². The summed E-state index contributed by atoms with van der Waals surface area (Å²) in [6.07, 6.45) is 3.73. The van der Waals surface area contributed by atoms with E-state index in [1.807, 2.05) is 12.1 Å². The fraction of sp³-hybridized carbons (Fsp3) is 0.400. The van der Waals surface area contributed by atoms with E-state index in [0.29, 0.717) is 23.4 Å². The number of aromatic nitrogens is 1. The first-order valence-electron chi connectivity index (χ1n) is 9.59. The highest BCUT2D eigenvalue weighted by molar-refractivity contribution is 8.76. The molecule has 4 N–H and O–H groups in total. The number of pyridine rings is 1. The van der Waals surface area contributed by atoms with Gasteiger partial charge >= 0.3 is 0 Å². The second kappa shape index (κ2) is 10.6. The van der Waals surface area contributed by atoms with Gasteiger partial charge < -0.3 is 21.1 Å². The Morgan fingerprint density at radius 1 is 1.33 bits per heavy atom. The average molecular weight is 449 g/mol. The normalized spacial score (nSPS) is 16.9. The molecule has 30 heavy (non-hydrogen) atoms. The molecule has 1 fully saturated rings. The maximum Gasteiger partial charge on any atom is 0.252 e. The minimum atomic E-state index is -0.748. The van der Waals surface area contributed by atoms with Gasteiger partial charge in [0.05, 0.1) is 11.6 Å². The van der Waals surface area contributed by atoms with Crippen LogP contribution in [0.4, 0.5) is 0 Å². The second-order valence-electron chi connectivity index (χ2n) is 6.88. The first-order valence-corrected chi connectivity index (χ1v) is 11.9. The summed E-state index contributed by atoms with van der Waals surface area (Å²) in [4.78, 5) is 40.7. The van der Waals surface area contributed by atoms with Crippen molar-refractivity contribution in [2.75, 3.05) is 18.9 Å². The lowest BCUT2D eigenvalue weighted by molar-refractivity contribution is -0.125. The first kappa shape index (κ1) is 22.4. The topological polar surface area (TPSA) is 123 Å². The van der Waals surface area contributed by atoms with Crippen LogP contribution in [0, 0.1) is 0 Å². The van der Waals surface area contributed by atoms with Crippen LogP contribution in [0.3, 0.4) is 0 Å². The number of rotatable bonds is 9. The molecule has 0 spiro atoms. The second-order valence-corrected chi connectivity index (χ2v) is 9.26. The van der Waals surface area contributed by atoms with E-state index in [4.69, 9.17) is 10.5 Å². The quantitative estimate of drug-likeness (QED) is 0.500. The maximum atomic E-state index is 12.7. The Bertz CT molecular complexity index is 934. The summed E-state index contributed by atoms with van der Waals surface area (Å²) in [6, 6.07) is 6.52. The Balaban J connectivity index is 1.69. The van der Waals surface area contributed by atoms with Crippen LogP contribution in [-0.4, -0.2) is 53.8 Å². The summed E-state index contributed by atoms with van der Waals surface area (Å²) in [5.74, 6) is -0.737. The molecule has 2 atom stereocenters. The van der Waals surface area contributed by atoms with Gasteiger partial charge in [-0.1, -0.05) is 27.7 Å². The molecule has 0 saturated carbocycles. The summed E-state index contributed by atoms with van der Waals surface area (Å²) >= 11 is 0. The monoisotopic (exact) mass is 448 g/mol. The minimum absolute atomic E-state index is 0.0754. The molecule has 2 aromatic rings. The number of benzene rings is 1. The molecular formula is C20H24N4O4S2. The number of carbonyl (C=O) groups excluding carboxylic acids is 3. The molecule has 1 unspecified atom stereocenters. The summed E-state index contributed by atoms with van der Waals surface area (Å²) in [7, 11) is 2.81. The zero-order valence-corrected chi connectivity index (χ0v) is 18.2. The molecule has 2 heterocycles. The van der Waals surface area contributed by atoms with Crippen molar-refractivity contribution in [3.8, 4) is 0 Å². The number of fused-ring (bicyclic) bond motifs is 1. The Labute approximate surface area is 182 Å². The highest BCUT2D eigenvalue weighted by atomic mass is 33.1. The Kier molecular flexibility index (Phi) is 7.94. The highest BCUT2D eigenvalue weighted by Crippen LogP contribution is 2.36. The van der Waals surface area contributed by atoms with Gasteiger partial charge in [-0.2, -0.15) is 0 Å². The van der Waals surface area contributed by atoms with E-state index in [2.05, 4.69) is 15.6 Å². The summed E-state index contributed by atoms with van der Waals surface area (Å²) in [5.41, 5.74) is 6.60. The molecule has 1 aromatic carbocycles. The molecule has 1 aliphatic heterocycles. The minimum Gasteiger partial charge on any atom is -0.376 e. The van der Waals surface area contributed by atoms with Gasteiger partial charge in [0, 0.05) is 47.9 Å². The number of primary amides is 1. The van der Waals surface area contributed by atoms with Crippen molar-refractivity contribution >= 4 is 50.2 Å². The molecule has 0 radical (unpaired) electrons. The molecule has 0 bridgehead atoms. The van der Waals surface area contributed by atoms with E-state index in [-0.39, 0.29) is 17.9 Å². The molecule has 0 aliphatic carbocycles. The lowest BCUT2D eigenvalue weighted by Gasteiger charge is -2.14. The van der Waals surface area contributed by atoms with Crippen molar-refractivity contribution in [1.29, 1.82) is 0 Å². The van der Waals surface area contributed by atoms with E-state index in [1.165, 1.54) is 28.5 Å². The number of hydrogen-bond donors (Lipinski definition) is 3. The van der Waals surface area contributed by atoms with Crippen molar-refractivity contribution in [3.05, 3.63) is 36.0 Å². The van der Waals surface area contributed by atoms with Crippen LogP contribution in [-0.2, 0) is 14.3 Å². The van der Waals surface area contributed by atoms with Gasteiger partial charge in [-0.25, -0.2) is 0 Å². The molecule has 3 amide bonds. The van der Waals surface area contributed by atoms with Crippen LogP contribution < -0.4 is 16.4 Å². The summed E-state index contributed by atoms with van der Waals surface area (Å²) in [6.45, 7) is 2.58. The van der Waals surface area contributed by atoms with Crippen molar-refractivity contribution in [2.45, 2.75) is 36.8 Å². The predicted molar refractivity (Wildman–Crippen MR) is 118 cm³/mol. The Morgan fingerprint density at radius 3 is 2.87 bits per heavy atom. The summed E-state index contributed by atoms with van der Waals surface area (Å²) < 4.78 is 5.56. The van der Waals surface area contributed by atoms with Gasteiger partial charge in [0.15, 0.2) is 0 Å². The van der Waals surface area contributed by atoms with Crippen LogP contribution in [0.2, 0.25) is 0 Å². The number of nitrogens with two attached hydrogens (primary N) is 1. The lowest BCUT2D eigenvalue weighted by Crippen LogP contribution is -2.45. The third kappa shape index (κ3) is 5.87. The zero-order valence-electron chi connectivity index (χ0n) is 16.6. The number of carbonyl (C=O) groups is 3. The van der Waals surface area contributed by atoms with E-state index in [0.717, 1.165) is 29.7 Å². The molecule has 10 heteroatoms. The number of hydrogen-bond acceptors (Lipinski definition) is 7. The Hall–Kier alpha value is -2.30. The van der Waals surface area contributed by atoms with Gasteiger partial charge in [-0.15, -0.1) is 0 Å². The van der Waals surface area contributed by atoms with E-state index in [1.54, 1.807) is 18.3 Å². The first-order chi connectivity index (χ1) is 14.5. The van der Waals surface area contributed by atoms with Crippen molar-refractivity contribution < 1.29 is 19.1 Å². The van der Waals surface area contributed by atoms with Crippen LogP contribution in [0.15, 0.2) is 35.4 Å². The lowest BCUT2D eigenvalue weighted by atomic mass is 10.1. The number of nitrogens with one attached hydrogen (secondary N) is 2. The average Bonchev–Trinajstić information content (AvgIpc) is 3.24. The molecule has 8 nitrogen and oxygen atoms in total. The van der Waals surface area contributed by atoms with E-state index >= 15 is 0 Å². The predicted octanol–water partition coefficient (Wildman–Crippen LogP) is 1.87. The van der Waals surface area contributed by atoms with Crippen LogP contribution >= 0.6 is 21.6 Å². The van der Waals surface area contributed by atoms with Crippen LogP contribution in [0.25, 0.3) is 10.9 Å². The Morgan fingerprint density at radius 2 is 2.17 bits per heavy atom. The van der Waals surface area contributed by atoms with Gasteiger partial charge in [-0.05, 0) is 31.0 Å². The number of ether oxygens (including phenoxy) is 1. The molecule has 1 saturated heterocycles. The number of amides is 3. The van der Waals surface area contributed by atoms with Gasteiger partial charge in [0.2, 0.25) is 11.8 Å². The van der Waals surface area contributed by atoms with Crippen LogP contribution in [0.5, 0.6) is 0 Å². The standard InChI is InChI=1S/C20H24N4O4S2/c1-12(25)24-16(19(21)26)11-29-30-17-7-6-15(14-5-2-8-22-18(14)17)20(27)23-10-13-4-3-9-28-13/h2,5-8,13,16H,3-4,9-11H2,1H3,(H2,21,26)(H,23,27)(H,24,25)/t13?,16-/m0/s1.